The smallest absolute Gasteiger partial charge is 0.326 e. The summed E-state index contributed by atoms with van der Waals surface area (Å²) < 4.78 is 0. The zero-order valence-electron chi connectivity index (χ0n) is 13.2. The average molecular weight is 306 g/mol. The van der Waals surface area contributed by atoms with Crippen LogP contribution in [0.1, 0.15) is 48.4 Å². The van der Waals surface area contributed by atoms with Crippen molar-refractivity contribution in [2.75, 3.05) is 0 Å². The zero-order chi connectivity index (χ0) is 16.9. The van der Waals surface area contributed by atoms with Crippen LogP contribution in [0.5, 0.6) is 0 Å². The molecule has 0 unspecified atom stereocenters. The van der Waals surface area contributed by atoms with E-state index < -0.39 is 17.9 Å². The highest BCUT2D eigenvalue weighted by Gasteiger charge is 2.23. The van der Waals surface area contributed by atoms with E-state index in [1.54, 1.807) is 13.8 Å². The molecular formula is C16H22N2O4. The summed E-state index contributed by atoms with van der Waals surface area (Å²) in [5.74, 6) is -1.99. The second-order valence-electron chi connectivity index (χ2n) is 5.74. The van der Waals surface area contributed by atoms with Crippen molar-refractivity contribution in [1.82, 2.24) is 10.6 Å². The van der Waals surface area contributed by atoms with E-state index in [1.807, 2.05) is 13.8 Å². The molecule has 120 valence electrons. The van der Waals surface area contributed by atoms with Crippen molar-refractivity contribution in [1.29, 1.82) is 0 Å². The number of hydrogen-bond acceptors (Lipinski definition) is 3. The quantitative estimate of drug-likeness (QED) is 0.745. The summed E-state index contributed by atoms with van der Waals surface area (Å²) in [6, 6.07) is 5.16. The third-order valence-electron chi connectivity index (χ3n) is 3.05. The lowest BCUT2D eigenvalue weighted by molar-refractivity contribution is -0.140. The minimum Gasteiger partial charge on any atom is -0.480 e. The molecule has 0 aliphatic rings. The van der Waals surface area contributed by atoms with Gasteiger partial charge in [-0.15, -0.1) is 0 Å². The molecule has 6 heteroatoms. The third kappa shape index (κ3) is 4.87. The fraction of sp³-hybridized carbons (Fsp3) is 0.438. The topological polar surface area (TPSA) is 95.5 Å². The summed E-state index contributed by atoms with van der Waals surface area (Å²) >= 11 is 0. The van der Waals surface area contributed by atoms with Gasteiger partial charge in [-0.05, 0) is 44.0 Å². The van der Waals surface area contributed by atoms with Crippen LogP contribution in [0.15, 0.2) is 24.3 Å². The molecule has 0 aliphatic carbocycles. The summed E-state index contributed by atoms with van der Waals surface area (Å²) in [4.78, 5) is 34.9. The number of carbonyl (C=O) groups excluding carboxylic acids is 2. The van der Waals surface area contributed by atoms with E-state index in [4.69, 9.17) is 5.11 Å². The molecule has 6 nitrogen and oxygen atoms in total. The van der Waals surface area contributed by atoms with Gasteiger partial charge in [-0.2, -0.15) is 0 Å². The van der Waals surface area contributed by atoms with E-state index in [0.717, 1.165) is 0 Å². The molecule has 0 fully saturated rings. The van der Waals surface area contributed by atoms with E-state index in [-0.39, 0.29) is 17.9 Å². The molecule has 1 rings (SSSR count). The number of benzene rings is 1. The van der Waals surface area contributed by atoms with Gasteiger partial charge in [0.05, 0.1) is 0 Å². The number of amides is 2. The van der Waals surface area contributed by atoms with Crippen LogP contribution >= 0.6 is 0 Å². The summed E-state index contributed by atoms with van der Waals surface area (Å²) in [6.45, 7) is 7.16. The van der Waals surface area contributed by atoms with Gasteiger partial charge in [0.15, 0.2) is 0 Å². The minimum absolute atomic E-state index is 0.0258. The van der Waals surface area contributed by atoms with Crippen molar-refractivity contribution in [3.63, 3.8) is 0 Å². The molecule has 0 heterocycles. The lowest BCUT2D eigenvalue weighted by Gasteiger charge is -2.18. The Morgan fingerprint density at radius 2 is 1.27 bits per heavy atom. The molecule has 3 N–H and O–H groups in total. The monoisotopic (exact) mass is 306 g/mol. The maximum atomic E-state index is 12.0. The number of carboxylic acids is 1. The normalized spacial score (nSPS) is 12.1. The molecule has 0 spiro atoms. The van der Waals surface area contributed by atoms with Crippen LogP contribution in [0, 0.1) is 5.92 Å². The Labute approximate surface area is 129 Å². The number of rotatable bonds is 6. The van der Waals surface area contributed by atoms with Gasteiger partial charge in [-0.25, -0.2) is 4.79 Å². The van der Waals surface area contributed by atoms with Gasteiger partial charge in [-0.1, -0.05) is 13.8 Å². The van der Waals surface area contributed by atoms with Crippen LogP contribution in [0.3, 0.4) is 0 Å². The third-order valence-corrected chi connectivity index (χ3v) is 3.05. The molecule has 1 aromatic rings. The molecule has 0 saturated carbocycles. The van der Waals surface area contributed by atoms with Gasteiger partial charge < -0.3 is 15.7 Å². The molecule has 0 aromatic heterocycles. The highest BCUT2D eigenvalue weighted by atomic mass is 16.4. The molecular weight excluding hydrogens is 284 g/mol. The standard InChI is InChI=1S/C16H22N2O4/c1-9(2)13(16(21)22)18-15(20)12-7-5-11(6-8-12)14(19)17-10(3)4/h5-10,13H,1-4H3,(H,17,19)(H,18,20)(H,21,22)/t13-/m1/s1. The second-order valence-corrected chi connectivity index (χ2v) is 5.74. The van der Waals surface area contributed by atoms with Crippen LogP contribution in [0.4, 0.5) is 0 Å². The van der Waals surface area contributed by atoms with E-state index >= 15 is 0 Å². The fourth-order valence-electron chi connectivity index (χ4n) is 1.86. The number of hydrogen-bond donors (Lipinski definition) is 3. The Bertz CT molecular complexity index is 550. The van der Waals surface area contributed by atoms with Gasteiger partial charge >= 0.3 is 5.97 Å². The minimum atomic E-state index is -1.07. The predicted molar refractivity (Wildman–Crippen MR) is 82.8 cm³/mol. The first-order valence-corrected chi connectivity index (χ1v) is 7.17. The van der Waals surface area contributed by atoms with Gasteiger partial charge in [0.2, 0.25) is 0 Å². The Morgan fingerprint density at radius 3 is 1.59 bits per heavy atom. The SMILES string of the molecule is CC(C)NC(=O)c1ccc(C(=O)N[C@@H](C(=O)O)C(C)C)cc1. The molecule has 1 atom stereocenters. The highest BCUT2D eigenvalue weighted by Crippen LogP contribution is 2.08. The Hall–Kier alpha value is -2.37. The summed E-state index contributed by atoms with van der Waals surface area (Å²) in [5.41, 5.74) is 0.761. The largest absolute Gasteiger partial charge is 0.480 e. The van der Waals surface area contributed by atoms with E-state index in [1.165, 1.54) is 24.3 Å². The second kappa shape index (κ2) is 7.59. The van der Waals surface area contributed by atoms with Crippen molar-refractivity contribution in [3.05, 3.63) is 35.4 Å². The van der Waals surface area contributed by atoms with Crippen LogP contribution in [-0.2, 0) is 4.79 Å². The number of carboxylic acid groups (broad SMARTS) is 1. The lowest BCUT2D eigenvalue weighted by Crippen LogP contribution is -2.44. The fourth-order valence-corrected chi connectivity index (χ4v) is 1.86. The number of carbonyl (C=O) groups is 3. The summed E-state index contributed by atoms with van der Waals surface area (Å²) in [7, 11) is 0. The van der Waals surface area contributed by atoms with Gasteiger partial charge in [0.25, 0.3) is 11.8 Å². The van der Waals surface area contributed by atoms with Gasteiger partial charge in [0.1, 0.15) is 6.04 Å². The molecule has 0 saturated heterocycles. The van der Waals surface area contributed by atoms with Crippen molar-refractivity contribution in [3.8, 4) is 0 Å². The Morgan fingerprint density at radius 1 is 0.864 bits per heavy atom. The first kappa shape index (κ1) is 17.7. The highest BCUT2D eigenvalue weighted by molar-refractivity contribution is 5.99. The number of aliphatic carboxylic acids is 1. The van der Waals surface area contributed by atoms with Gasteiger partial charge in [-0.3, -0.25) is 9.59 Å². The average Bonchev–Trinajstić information content (AvgIpc) is 2.43. The van der Waals surface area contributed by atoms with E-state index in [2.05, 4.69) is 10.6 Å². The maximum absolute atomic E-state index is 12.0. The first-order chi connectivity index (χ1) is 10.2. The van der Waals surface area contributed by atoms with Crippen molar-refractivity contribution in [2.45, 2.75) is 39.8 Å². The molecule has 0 bridgehead atoms. The van der Waals surface area contributed by atoms with Crippen molar-refractivity contribution in [2.24, 2.45) is 5.92 Å². The first-order valence-electron chi connectivity index (χ1n) is 7.17. The molecule has 0 aliphatic heterocycles. The molecule has 0 radical (unpaired) electrons. The van der Waals surface area contributed by atoms with Crippen molar-refractivity contribution >= 4 is 17.8 Å². The predicted octanol–water partition coefficient (Wildman–Crippen LogP) is 1.66. The lowest BCUT2D eigenvalue weighted by atomic mass is 10.0. The number of nitrogens with one attached hydrogen (secondary N) is 2. The Balaban J connectivity index is 2.79. The van der Waals surface area contributed by atoms with Crippen molar-refractivity contribution < 1.29 is 19.5 Å². The van der Waals surface area contributed by atoms with Crippen LogP contribution in [0.2, 0.25) is 0 Å². The van der Waals surface area contributed by atoms with Crippen LogP contribution in [-0.4, -0.2) is 35.0 Å². The molecule has 1 aromatic carbocycles. The van der Waals surface area contributed by atoms with E-state index in [9.17, 15) is 14.4 Å². The zero-order valence-corrected chi connectivity index (χ0v) is 13.2. The summed E-state index contributed by atoms with van der Waals surface area (Å²) in [6.07, 6.45) is 0. The summed E-state index contributed by atoms with van der Waals surface area (Å²) in [5, 5.41) is 14.3. The molecule has 22 heavy (non-hydrogen) atoms. The van der Waals surface area contributed by atoms with E-state index in [0.29, 0.717) is 11.1 Å². The maximum Gasteiger partial charge on any atom is 0.326 e. The molecule has 2 amide bonds. The van der Waals surface area contributed by atoms with Crippen LogP contribution < -0.4 is 10.6 Å². The van der Waals surface area contributed by atoms with Crippen LogP contribution in [0.25, 0.3) is 0 Å². The Kier molecular flexibility index (Phi) is 6.10. The van der Waals surface area contributed by atoms with Gasteiger partial charge in [0, 0.05) is 17.2 Å².